The van der Waals surface area contributed by atoms with Crippen molar-refractivity contribution >= 4 is 35.4 Å². The minimum atomic E-state index is -1.19. The molecule has 1 fully saturated rings. The van der Waals surface area contributed by atoms with E-state index < -0.39 is 47.8 Å². The van der Waals surface area contributed by atoms with Crippen molar-refractivity contribution in [2.45, 2.75) is 44.3 Å². The van der Waals surface area contributed by atoms with Crippen LogP contribution in [-0.2, 0) is 24.7 Å². The molecule has 3 aliphatic rings. The van der Waals surface area contributed by atoms with Crippen molar-refractivity contribution in [1.82, 2.24) is 10.2 Å². The van der Waals surface area contributed by atoms with E-state index >= 15 is 0 Å². The van der Waals surface area contributed by atoms with Gasteiger partial charge < -0.3 is 24.1 Å². The number of rotatable bonds is 10. The molecular formula is C35H35N5O8. The molecule has 4 atom stereocenters. The Kier molecular flexibility index (Phi) is 9.18. The number of aliphatic hydroxyl groups excluding tert-OH is 1. The van der Waals surface area contributed by atoms with Crippen molar-refractivity contribution in [1.29, 1.82) is 0 Å². The Bertz CT molecular complexity index is 1810. The van der Waals surface area contributed by atoms with Crippen LogP contribution in [0.4, 0.5) is 4.79 Å². The molecule has 248 valence electrons. The molecule has 0 saturated carbocycles. The third kappa shape index (κ3) is 6.10. The lowest BCUT2D eigenvalue weighted by atomic mass is 9.80. The number of urea groups is 1. The van der Waals surface area contributed by atoms with E-state index in [0.29, 0.717) is 11.5 Å². The van der Waals surface area contributed by atoms with E-state index in [2.05, 4.69) is 20.3 Å². The molecule has 3 aromatic carbocycles. The first kappa shape index (κ1) is 32.7. The molecule has 13 heteroatoms. The zero-order chi connectivity index (χ0) is 34.0. The van der Waals surface area contributed by atoms with Crippen molar-refractivity contribution in [3.05, 3.63) is 95.6 Å². The number of hydrogen-bond acceptors (Lipinski definition) is 9. The van der Waals surface area contributed by atoms with Gasteiger partial charge in [0.1, 0.15) is 29.4 Å². The molecule has 0 aromatic heterocycles. The third-order valence-electron chi connectivity index (χ3n) is 8.34. The number of amides is 4. The molecule has 48 heavy (non-hydrogen) atoms. The normalized spacial score (nSPS) is 21.7. The first-order chi connectivity index (χ1) is 23.1. The molecule has 1 unspecified atom stereocenters. The summed E-state index contributed by atoms with van der Waals surface area (Å²) in [6.07, 6.45) is -3.00. The fraction of sp³-hybridized carbons (Fsp3) is 0.314. The molecule has 0 aliphatic carbocycles. The summed E-state index contributed by atoms with van der Waals surface area (Å²) in [5, 5.41) is 13.7. The topological polar surface area (TPSA) is 161 Å². The number of carbonyl (C=O) groups is 3. The summed E-state index contributed by atoms with van der Waals surface area (Å²) in [5.74, 6) is -0.684. The first-order valence-electron chi connectivity index (χ1n) is 15.4. The second kappa shape index (κ2) is 13.5. The molecule has 6 rings (SSSR count). The SMILES string of the molecule is COc1ccc(C(OC[C@H]2O[C@@H](N3C(=O)N=C4C(=O)N=C(NC(=O)C(C)C)N=C43)C[C@@H]2O)(c2ccccc2)c2cccc(OC)c2)cc1. The minimum absolute atomic E-state index is 0.0133. The van der Waals surface area contributed by atoms with Crippen LogP contribution in [0.5, 0.6) is 11.5 Å². The van der Waals surface area contributed by atoms with Crippen LogP contribution in [0.15, 0.2) is 93.8 Å². The Hall–Kier alpha value is -5.24. The van der Waals surface area contributed by atoms with Crippen molar-refractivity contribution in [3.8, 4) is 11.5 Å². The Morgan fingerprint density at radius 1 is 0.938 bits per heavy atom. The smallest absolute Gasteiger partial charge is 0.352 e. The van der Waals surface area contributed by atoms with Gasteiger partial charge in [0.15, 0.2) is 11.5 Å². The van der Waals surface area contributed by atoms with Gasteiger partial charge in [-0.3, -0.25) is 14.9 Å². The number of aliphatic imine (C=N–C) groups is 3. The Morgan fingerprint density at radius 2 is 1.62 bits per heavy atom. The van der Waals surface area contributed by atoms with Crippen LogP contribution in [0.3, 0.4) is 0 Å². The number of benzene rings is 3. The fourth-order valence-corrected chi connectivity index (χ4v) is 5.82. The molecule has 0 spiro atoms. The number of aliphatic hydroxyl groups is 1. The average molecular weight is 654 g/mol. The quantitative estimate of drug-likeness (QED) is 0.315. The highest BCUT2D eigenvalue weighted by Gasteiger charge is 2.48. The molecule has 13 nitrogen and oxygen atoms in total. The van der Waals surface area contributed by atoms with Gasteiger partial charge in [-0.1, -0.05) is 68.4 Å². The Morgan fingerprint density at radius 3 is 2.31 bits per heavy atom. The van der Waals surface area contributed by atoms with Crippen molar-refractivity contribution in [3.63, 3.8) is 0 Å². The lowest BCUT2D eigenvalue weighted by Gasteiger charge is -2.37. The van der Waals surface area contributed by atoms with E-state index in [1.165, 1.54) is 0 Å². The van der Waals surface area contributed by atoms with Crippen LogP contribution in [0.25, 0.3) is 0 Å². The average Bonchev–Trinajstić information content (AvgIpc) is 3.63. The van der Waals surface area contributed by atoms with Gasteiger partial charge in [0.05, 0.1) is 26.9 Å². The largest absolute Gasteiger partial charge is 0.497 e. The van der Waals surface area contributed by atoms with Crippen LogP contribution in [0.2, 0.25) is 0 Å². The van der Waals surface area contributed by atoms with Crippen LogP contribution < -0.4 is 14.8 Å². The highest BCUT2D eigenvalue weighted by atomic mass is 16.6. The van der Waals surface area contributed by atoms with Crippen LogP contribution in [0.1, 0.15) is 37.0 Å². The molecule has 3 aromatic rings. The van der Waals surface area contributed by atoms with Gasteiger partial charge in [-0.15, -0.1) is 0 Å². The van der Waals surface area contributed by atoms with Gasteiger partial charge in [0.25, 0.3) is 0 Å². The summed E-state index contributed by atoms with van der Waals surface area (Å²) >= 11 is 0. The summed E-state index contributed by atoms with van der Waals surface area (Å²) in [5.41, 5.74) is 0.903. The van der Waals surface area contributed by atoms with Gasteiger partial charge in [0, 0.05) is 12.3 Å². The van der Waals surface area contributed by atoms with Gasteiger partial charge in [0.2, 0.25) is 11.9 Å². The van der Waals surface area contributed by atoms with E-state index in [0.717, 1.165) is 21.6 Å². The summed E-state index contributed by atoms with van der Waals surface area (Å²) in [7, 11) is 3.18. The van der Waals surface area contributed by atoms with Crippen LogP contribution >= 0.6 is 0 Å². The predicted octanol–water partition coefficient (Wildman–Crippen LogP) is 3.43. The number of nitrogens with zero attached hydrogens (tertiary/aromatic N) is 4. The predicted molar refractivity (Wildman–Crippen MR) is 175 cm³/mol. The van der Waals surface area contributed by atoms with E-state index in [4.69, 9.17) is 18.9 Å². The monoisotopic (exact) mass is 653 g/mol. The Labute approximate surface area is 276 Å². The maximum atomic E-state index is 13.1. The zero-order valence-electron chi connectivity index (χ0n) is 26.8. The van der Waals surface area contributed by atoms with Gasteiger partial charge in [-0.25, -0.2) is 9.69 Å². The van der Waals surface area contributed by atoms with E-state index in [9.17, 15) is 19.5 Å². The van der Waals surface area contributed by atoms with Gasteiger partial charge in [-0.2, -0.15) is 15.0 Å². The number of carbonyl (C=O) groups excluding carboxylic acids is 3. The minimum Gasteiger partial charge on any atom is -0.497 e. The number of ether oxygens (including phenoxy) is 4. The first-order valence-corrected chi connectivity index (χ1v) is 15.4. The lowest BCUT2D eigenvalue weighted by molar-refractivity contribution is -0.122. The molecule has 2 N–H and O–H groups in total. The van der Waals surface area contributed by atoms with Crippen LogP contribution in [0, 0.1) is 5.92 Å². The molecule has 1 saturated heterocycles. The second-order valence-corrected chi connectivity index (χ2v) is 11.7. The Balaban J connectivity index is 1.31. The number of hydrogen-bond donors (Lipinski definition) is 2. The van der Waals surface area contributed by atoms with Crippen LogP contribution in [-0.4, -0.2) is 84.6 Å². The number of fused-ring (bicyclic) bond motifs is 1. The van der Waals surface area contributed by atoms with Crippen molar-refractivity contribution in [2.24, 2.45) is 20.9 Å². The molecule has 4 amide bonds. The highest BCUT2D eigenvalue weighted by Crippen LogP contribution is 2.43. The van der Waals surface area contributed by atoms with Crippen molar-refractivity contribution < 1.29 is 38.4 Å². The number of nitrogens with one attached hydrogen (secondary N) is 1. The van der Waals surface area contributed by atoms with E-state index in [-0.39, 0.29) is 30.5 Å². The fourth-order valence-electron chi connectivity index (χ4n) is 5.82. The summed E-state index contributed by atoms with van der Waals surface area (Å²) in [6, 6.07) is 23.9. The maximum Gasteiger partial charge on any atom is 0.352 e. The molecule has 3 heterocycles. The number of methoxy groups -OCH3 is 2. The number of guanidine groups is 1. The maximum absolute atomic E-state index is 13.1. The standard InChI is InChI=1S/C35H35N5O8/c1-20(2)31(42)38-33-37-30-29(32(43)39-33)36-34(44)40(30)28-18-26(41)27(48-28)19-47-35(21-9-6-5-7-10-21,22-13-15-24(45-3)16-14-22)23-11-8-12-25(17-23)46-4/h5-17,20,26-28,41H,18-19H2,1-4H3,(H,38,39,42,43)/t26-,27+,28+,35?/m0/s1. The van der Waals surface area contributed by atoms with E-state index in [1.807, 2.05) is 78.9 Å². The summed E-state index contributed by atoms with van der Waals surface area (Å²) in [6.45, 7) is 3.25. The zero-order valence-corrected chi connectivity index (χ0v) is 26.8. The lowest BCUT2D eigenvalue weighted by Crippen LogP contribution is -2.47. The molecule has 0 bridgehead atoms. The third-order valence-corrected chi connectivity index (χ3v) is 8.34. The molecule has 0 radical (unpaired) electrons. The van der Waals surface area contributed by atoms with Gasteiger partial charge >= 0.3 is 11.9 Å². The van der Waals surface area contributed by atoms with Gasteiger partial charge in [-0.05, 0) is 41.0 Å². The van der Waals surface area contributed by atoms with E-state index in [1.54, 1.807) is 28.1 Å². The van der Waals surface area contributed by atoms with Crippen molar-refractivity contribution in [2.75, 3.05) is 20.8 Å². The summed E-state index contributed by atoms with van der Waals surface area (Å²) < 4.78 is 24.1. The number of amidine groups is 1. The highest BCUT2D eigenvalue weighted by molar-refractivity contribution is 6.72. The molecule has 3 aliphatic heterocycles. The summed E-state index contributed by atoms with van der Waals surface area (Å²) in [4.78, 5) is 51.0. The molecular weight excluding hydrogens is 618 g/mol. The second-order valence-electron chi connectivity index (χ2n) is 11.7.